The molecule has 0 aromatic carbocycles. The molecule has 0 saturated carbocycles. The maximum Gasteiger partial charge on any atom is 0.306 e. The van der Waals surface area contributed by atoms with E-state index in [1.54, 1.807) is 0 Å². The maximum atomic E-state index is 12.7. The summed E-state index contributed by atoms with van der Waals surface area (Å²) in [7, 11) is 0. The lowest BCUT2D eigenvalue weighted by molar-refractivity contribution is -0.167. The van der Waals surface area contributed by atoms with Gasteiger partial charge in [-0.2, -0.15) is 0 Å². The minimum atomic E-state index is -0.763. The quantitative estimate of drug-likeness (QED) is 0.0350. The monoisotopic (exact) mass is 765 g/mol. The number of hydrogen-bond acceptors (Lipinski definition) is 6. The second-order valence-electron chi connectivity index (χ2n) is 17.1. The molecule has 6 heteroatoms. The lowest BCUT2D eigenvalue weighted by Crippen LogP contribution is -2.30. The van der Waals surface area contributed by atoms with E-state index in [4.69, 9.17) is 14.2 Å². The van der Waals surface area contributed by atoms with Crippen molar-refractivity contribution < 1.29 is 28.6 Å². The van der Waals surface area contributed by atoms with Gasteiger partial charge in [0, 0.05) is 19.3 Å². The van der Waals surface area contributed by atoms with E-state index in [1.165, 1.54) is 135 Å². The SMILES string of the molecule is CCC(C)CCCCCCCCCCCCC(=O)OC[C@H](COC(=O)CCCCCCCCC(C)CC)OC(=O)CCCCCCCCCCC(C)CC. The Labute approximate surface area is 336 Å². The van der Waals surface area contributed by atoms with Crippen LogP contribution in [0.4, 0.5) is 0 Å². The summed E-state index contributed by atoms with van der Waals surface area (Å²) in [5.74, 6) is 1.66. The van der Waals surface area contributed by atoms with Gasteiger partial charge in [-0.05, 0) is 37.0 Å². The van der Waals surface area contributed by atoms with Crippen LogP contribution >= 0.6 is 0 Å². The molecule has 0 aliphatic carbocycles. The Kier molecular flexibility index (Phi) is 38.5. The van der Waals surface area contributed by atoms with Crippen molar-refractivity contribution in [2.24, 2.45) is 17.8 Å². The first-order valence-corrected chi connectivity index (χ1v) is 23.7. The molecule has 4 atom stereocenters. The van der Waals surface area contributed by atoms with E-state index in [9.17, 15) is 14.4 Å². The van der Waals surface area contributed by atoms with E-state index in [1.807, 2.05) is 0 Å². The van der Waals surface area contributed by atoms with Crippen LogP contribution in [0.1, 0.15) is 253 Å². The Morgan fingerprint density at radius 2 is 0.593 bits per heavy atom. The lowest BCUT2D eigenvalue weighted by Gasteiger charge is -2.18. The van der Waals surface area contributed by atoms with Gasteiger partial charge in [0.05, 0.1) is 0 Å². The molecule has 0 radical (unpaired) electrons. The summed E-state index contributed by atoms with van der Waals surface area (Å²) in [6, 6.07) is 0. The van der Waals surface area contributed by atoms with Crippen molar-refractivity contribution in [3.63, 3.8) is 0 Å². The highest BCUT2D eigenvalue weighted by molar-refractivity contribution is 5.71. The van der Waals surface area contributed by atoms with E-state index < -0.39 is 6.10 Å². The summed E-state index contributed by atoms with van der Waals surface area (Å²) in [5, 5.41) is 0. The van der Waals surface area contributed by atoms with E-state index in [0.717, 1.165) is 75.5 Å². The smallest absolute Gasteiger partial charge is 0.306 e. The first-order valence-electron chi connectivity index (χ1n) is 23.7. The molecular formula is C48H92O6. The summed E-state index contributed by atoms with van der Waals surface area (Å²) in [5.41, 5.74) is 0. The van der Waals surface area contributed by atoms with Crippen LogP contribution < -0.4 is 0 Å². The van der Waals surface area contributed by atoms with Gasteiger partial charge in [0.1, 0.15) is 13.2 Å². The topological polar surface area (TPSA) is 78.9 Å². The summed E-state index contributed by atoms with van der Waals surface area (Å²) in [6.07, 6.45) is 36.5. The summed E-state index contributed by atoms with van der Waals surface area (Å²) < 4.78 is 16.7. The second-order valence-corrected chi connectivity index (χ2v) is 17.1. The fraction of sp³-hybridized carbons (Fsp3) is 0.938. The fourth-order valence-corrected chi connectivity index (χ4v) is 6.96. The molecule has 0 aromatic rings. The number of carbonyl (C=O) groups excluding carboxylic acids is 3. The van der Waals surface area contributed by atoms with Crippen LogP contribution in [0.15, 0.2) is 0 Å². The summed E-state index contributed by atoms with van der Waals surface area (Å²) in [4.78, 5) is 37.8. The van der Waals surface area contributed by atoms with Gasteiger partial charge in [-0.3, -0.25) is 14.4 Å². The standard InChI is InChI=1S/C48H92O6/c1-7-42(4)34-28-22-16-12-10-11-13-18-25-31-37-46(49)52-40-45(41-53-47(50)38-32-26-21-20-24-30-36-44(6)9-3)54-48(51)39-33-27-19-15-14-17-23-29-35-43(5)8-2/h42-45H,7-41H2,1-6H3/t42?,43?,44?,45-/m1/s1. The third-order valence-corrected chi connectivity index (χ3v) is 11.7. The van der Waals surface area contributed by atoms with E-state index in [-0.39, 0.29) is 31.1 Å². The van der Waals surface area contributed by atoms with Crippen LogP contribution in [0, 0.1) is 17.8 Å². The molecule has 0 N–H and O–H groups in total. The number of ether oxygens (including phenoxy) is 3. The Morgan fingerprint density at radius 1 is 0.352 bits per heavy atom. The van der Waals surface area contributed by atoms with Crippen LogP contribution in [-0.4, -0.2) is 37.2 Å². The molecule has 0 fully saturated rings. The fourth-order valence-electron chi connectivity index (χ4n) is 6.96. The second kappa shape index (κ2) is 39.6. The molecule has 0 amide bonds. The molecule has 0 heterocycles. The molecule has 0 aliphatic heterocycles. The molecule has 320 valence electrons. The first-order chi connectivity index (χ1) is 26.2. The molecule has 6 nitrogen and oxygen atoms in total. The molecular weight excluding hydrogens is 673 g/mol. The van der Waals surface area contributed by atoms with Gasteiger partial charge in [0.15, 0.2) is 6.10 Å². The minimum absolute atomic E-state index is 0.0666. The predicted molar refractivity (Wildman–Crippen MR) is 229 cm³/mol. The van der Waals surface area contributed by atoms with Gasteiger partial charge >= 0.3 is 17.9 Å². The number of hydrogen-bond donors (Lipinski definition) is 0. The zero-order chi connectivity index (χ0) is 39.9. The van der Waals surface area contributed by atoms with E-state index in [2.05, 4.69) is 41.5 Å². The van der Waals surface area contributed by atoms with Crippen molar-refractivity contribution in [1.29, 1.82) is 0 Å². The predicted octanol–water partition coefficient (Wildman–Crippen LogP) is 14.8. The Morgan fingerprint density at radius 3 is 0.870 bits per heavy atom. The molecule has 0 rings (SSSR count). The summed E-state index contributed by atoms with van der Waals surface area (Å²) >= 11 is 0. The van der Waals surface area contributed by atoms with Crippen LogP contribution in [0.5, 0.6) is 0 Å². The number of carbonyl (C=O) groups is 3. The molecule has 0 spiro atoms. The van der Waals surface area contributed by atoms with Crippen molar-refractivity contribution in [3.8, 4) is 0 Å². The maximum absolute atomic E-state index is 12.7. The summed E-state index contributed by atoms with van der Waals surface area (Å²) in [6.45, 7) is 13.7. The number of unbranched alkanes of at least 4 members (excludes halogenated alkanes) is 21. The van der Waals surface area contributed by atoms with Crippen LogP contribution in [0.2, 0.25) is 0 Å². The highest BCUT2D eigenvalue weighted by Crippen LogP contribution is 2.18. The Bertz CT molecular complexity index is 843. The Hall–Kier alpha value is -1.59. The molecule has 0 bridgehead atoms. The van der Waals surface area contributed by atoms with Crippen LogP contribution in [0.3, 0.4) is 0 Å². The van der Waals surface area contributed by atoms with Gasteiger partial charge in [0.2, 0.25) is 0 Å². The zero-order valence-electron chi connectivity index (χ0n) is 37.0. The lowest BCUT2D eigenvalue weighted by atomic mass is 9.99. The third-order valence-electron chi connectivity index (χ3n) is 11.7. The number of rotatable bonds is 41. The highest BCUT2D eigenvalue weighted by atomic mass is 16.6. The molecule has 0 aromatic heterocycles. The van der Waals surface area contributed by atoms with E-state index in [0.29, 0.717) is 19.3 Å². The average Bonchev–Trinajstić information content (AvgIpc) is 3.17. The first kappa shape index (κ1) is 52.4. The average molecular weight is 765 g/mol. The van der Waals surface area contributed by atoms with Crippen molar-refractivity contribution in [1.82, 2.24) is 0 Å². The number of esters is 3. The third kappa shape index (κ3) is 37.3. The molecule has 0 saturated heterocycles. The van der Waals surface area contributed by atoms with Crippen molar-refractivity contribution in [2.75, 3.05) is 13.2 Å². The molecule has 3 unspecified atom stereocenters. The van der Waals surface area contributed by atoms with Crippen molar-refractivity contribution in [3.05, 3.63) is 0 Å². The zero-order valence-corrected chi connectivity index (χ0v) is 37.0. The van der Waals surface area contributed by atoms with Crippen LogP contribution in [-0.2, 0) is 28.6 Å². The van der Waals surface area contributed by atoms with Crippen molar-refractivity contribution >= 4 is 17.9 Å². The van der Waals surface area contributed by atoms with Gasteiger partial charge in [-0.1, -0.05) is 215 Å². The van der Waals surface area contributed by atoms with Gasteiger partial charge in [-0.25, -0.2) is 0 Å². The van der Waals surface area contributed by atoms with Gasteiger partial charge in [0.25, 0.3) is 0 Å². The van der Waals surface area contributed by atoms with Gasteiger partial charge < -0.3 is 14.2 Å². The minimum Gasteiger partial charge on any atom is -0.462 e. The van der Waals surface area contributed by atoms with Crippen molar-refractivity contribution in [2.45, 2.75) is 260 Å². The van der Waals surface area contributed by atoms with E-state index >= 15 is 0 Å². The Balaban J connectivity index is 4.36. The molecule has 0 aliphatic rings. The van der Waals surface area contributed by atoms with Gasteiger partial charge in [-0.15, -0.1) is 0 Å². The largest absolute Gasteiger partial charge is 0.462 e. The normalized spacial score (nSPS) is 13.7. The van der Waals surface area contributed by atoms with Crippen LogP contribution in [0.25, 0.3) is 0 Å². The molecule has 54 heavy (non-hydrogen) atoms. The highest BCUT2D eigenvalue weighted by Gasteiger charge is 2.19.